The van der Waals surface area contributed by atoms with E-state index in [1.54, 1.807) is 11.8 Å². The maximum absolute atomic E-state index is 6.39. The molecule has 1 saturated heterocycles. The molecule has 0 aromatic heterocycles. The van der Waals surface area contributed by atoms with Crippen LogP contribution in [0.2, 0.25) is 5.02 Å². The van der Waals surface area contributed by atoms with Crippen LogP contribution in [0.1, 0.15) is 44.9 Å². The normalized spacial score (nSPS) is 25.1. The zero-order chi connectivity index (χ0) is 14.0. The predicted octanol–water partition coefficient (Wildman–Crippen LogP) is 4.90. The lowest BCUT2D eigenvalue weighted by atomic mass is 9.83. The second-order valence-corrected chi connectivity index (χ2v) is 7.49. The average molecular weight is 312 g/mol. The molecule has 2 fully saturated rings. The third-order valence-electron chi connectivity index (χ3n) is 4.48. The van der Waals surface area contributed by atoms with Crippen molar-refractivity contribution in [3.63, 3.8) is 0 Å². The second kappa shape index (κ2) is 6.17. The molecule has 1 aliphatic heterocycles. The van der Waals surface area contributed by atoms with Gasteiger partial charge in [0.05, 0.1) is 16.7 Å². The molecule has 1 aromatic rings. The van der Waals surface area contributed by atoms with Crippen molar-refractivity contribution in [2.45, 2.75) is 61.5 Å². The van der Waals surface area contributed by atoms with Gasteiger partial charge in [-0.05, 0) is 43.9 Å². The molecule has 2 nitrogen and oxygen atoms in total. The second-order valence-electron chi connectivity index (χ2n) is 6.02. The maximum Gasteiger partial charge on any atom is 0.0687 e. The first-order valence-corrected chi connectivity index (χ1v) is 8.89. The summed E-state index contributed by atoms with van der Waals surface area (Å²) in [6.45, 7) is 0. The van der Waals surface area contributed by atoms with E-state index in [2.05, 4.69) is 0 Å². The zero-order valence-corrected chi connectivity index (χ0v) is 13.3. The fraction of sp³-hybridized carbons (Fsp3) is 0.625. The Kier molecular flexibility index (Phi) is 4.49. The number of nitrogen functional groups attached to an aromatic ring is 1. The van der Waals surface area contributed by atoms with E-state index >= 15 is 0 Å². The largest absolute Gasteiger partial charge is 0.399 e. The van der Waals surface area contributed by atoms with Crippen molar-refractivity contribution >= 4 is 29.1 Å². The van der Waals surface area contributed by atoms with Gasteiger partial charge in [0.15, 0.2) is 0 Å². The SMILES string of the molecule is Nc1ccc(Cl)c(SCC2CCC3(CCCCC3)O2)c1. The number of halogens is 1. The molecular weight excluding hydrogens is 290 g/mol. The standard InChI is InChI=1S/C16H22ClNOS/c17-14-5-4-12(18)10-15(14)20-11-13-6-9-16(19-13)7-2-1-3-8-16/h4-5,10,13H,1-3,6-9,11,18H2. The smallest absolute Gasteiger partial charge is 0.0687 e. The zero-order valence-electron chi connectivity index (χ0n) is 11.7. The van der Waals surface area contributed by atoms with E-state index in [0.29, 0.717) is 6.10 Å². The molecule has 1 spiro atoms. The van der Waals surface area contributed by atoms with Crippen LogP contribution in [-0.2, 0) is 4.74 Å². The Morgan fingerprint density at radius 1 is 1.25 bits per heavy atom. The molecule has 0 radical (unpaired) electrons. The van der Waals surface area contributed by atoms with Crippen LogP contribution in [0, 0.1) is 0 Å². The molecule has 3 rings (SSSR count). The van der Waals surface area contributed by atoms with Crippen molar-refractivity contribution in [1.29, 1.82) is 0 Å². The minimum Gasteiger partial charge on any atom is -0.399 e. The van der Waals surface area contributed by atoms with Crippen LogP contribution in [-0.4, -0.2) is 17.5 Å². The lowest BCUT2D eigenvalue weighted by Crippen LogP contribution is -2.32. The van der Waals surface area contributed by atoms with Gasteiger partial charge in [0.1, 0.15) is 0 Å². The van der Waals surface area contributed by atoms with Crippen LogP contribution >= 0.6 is 23.4 Å². The van der Waals surface area contributed by atoms with Gasteiger partial charge in [-0.3, -0.25) is 0 Å². The molecule has 110 valence electrons. The fourth-order valence-electron chi connectivity index (χ4n) is 3.39. The van der Waals surface area contributed by atoms with E-state index in [1.807, 2.05) is 18.2 Å². The number of ether oxygens (including phenoxy) is 1. The van der Waals surface area contributed by atoms with Gasteiger partial charge in [-0.2, -0.15) is 0 Å². The first-order chi connectivity index (χ1) is 9.67. The molecule has 1 atom stereocenters. The third kappa shape index (κ3) is 3.26. The molecule has 0 bridgehead atoms. The Balaban J connectivity index is 1.56. The number of thioether (sulfide) groups is 1. The van der Waals surface area contributed by atoms with Crippen LogP contribution in [0.5, 0.6) is 0 Å². The Hall–Kier alpha value is -0.380. The van der Waals surface area contributed by atoms with E-state index in [1.165, 1.54) is 44.9 Å². The molecule has 20 heavy (non-hydrogen) atoms. The third-order valence-corrected chi connectivity index (χ3v) is 6.11. The summed E-state index contributed by atoms with van der Waals surface area (Å²) in [6.07, 6.45) is 9.36. The Bertz CT molecular complexity index is 474. The van der Waals surface area contributed by atoms with Crippen molar-refractivity contribution in [2.24, 2.45) is 0 Å². The van der Waals surface area contributed by atoms with Crippen molar-refractivity contribution in [1.82, 2.24) is 0 Å². The molecule has 1 aliphatic carbocycles. The highest BCUT2D eigenvalue weighted by molar-refractivity contribution is 7.99. The van der Waals surface area contributed by atoms with Crippen molar-refractivity contribution in [3.8, 4) is 0 Å². The first-order valence-electron chi connectivity index (χ1n) is 7.53. The summed E-state index contributed by atoms with van der Waals surface area (Å²) < 4.78 is 6.39. The monoisotopic (exact) mass is 311 g/mol. The molecule has 1 aromatic carbocycles. The van der Waals surface area contributed by atoms with Crippen LogP contribution in [0.4, 0.5) is 5.69 Å². The predicted molar refractivity (Wildman–Crippen MR) is 86.5 cm³/mol. The van der Waals surface area contributed by atoms with E-state index in [4.69, 9.17) is 22.1 Å². The summed E-state index contributed by atoms with van der Waals surface area (Å²) in [5, 5.41) is 0.787. The summed E-state index contributed by atoms with van der Waals surface area (Å²) in [7, 11) is 0. The van der Waals surface area contributed by atoms with Gasteiger partial charge in [-0.1, -0.05) is 30.9 Å². The lowest BCUT2D eigenvalue weighted by molar-refractivity contribution is -0.0555. The maximum atomic E-state index is 6.39. The summed E-state index contributed by atoms with van der Waals surface area (Å²) in [6, 6.07) is 5.67. The van der Waals surface area contributed by atoms with Crippen LogP contribution in [0.3, 0.4) is 0 Å². The summed E-state index contributed by atoms with van der Waals surface area (Å²) in [4.78, 5) is 1.07. The van der Waals surface area contributed by atoms with Crippen LogP contribution < -0.4 is 5.73 Å². The van der Waals surface area contributed by atoms with Gasteiger partial charge < -0.3 is 10.5 Å². The molecule has 1 unspecified atom stereocenters. The van der Waals surface area contributed by atoms with Crippen molar-refractivity contribution in [3.05, 3.63) is 23.2 Å². The number of hydrogen-bond acceptors (Lipinski definition) is 3. The molecule has 1 saturated carbocycles. The van der Waals surface area contributed by atoms with Crippen molar-refractivity contribution < 1.29 is 4.74 Å². The summed E-state index contributed by atoms with van der Waals surface area (Å²) in [5.74, 6) is 0.977. The van der Waals surface area contributed by atoms with Gasteiger partial charge in [0, 0.05) is 16.3 Å². The Morgan fingerprint density at radius 2 is 2.05 bits per heavy atom. The Morgan fingerprint density at radius 3 is 2.85 bits per heavy atom. The van der Waals surface area contributed by atoms with Gasteiger partial charge in [0.25, 0.3) is 0 Å². The molecule has 2 N–H and O–H groups in total. The highest BCUT2D eigenvalue weighted by Crippen LogP contribution is 2.43. The van der Waals surface area contributed by atoms with Crippen molar-refractivity contribution in [2.75, 3.05) is 11.5 Å². The quantitative estimate of drug-likeness (QED) is 0.637. The summed E-state index contributed by atoms with van der Waals surface area (Å²) in [5.41, 5.74) is 6.80. The van der Waals surface area contributed by atoms with Gasteiger partial charge in [-0.15, -0.1) is 11.8 Å². The van der Waals surface area contributed by atoms with Gasteiger partial charge in [-0.25, -0.2) is 0 Å². The minimum atomic E-state index is 0.211. The average Bonchev–Trinajstić information content (AvgIpc) is 2.84. The van der Waals surface area contributed by atoms with Crippen LogP contribution in [0.15, 0.2) is 23.1 Å². The topological polar surface area (TPSA) is 35.2 Å². The number of rotatable bonds is 3. The molecule has 2 aliphatic rings. The highest BCUT2D eigenvalue weighted by atomic mass is 35.5. The van der Waals surface area contributed by atoms with E-state index in [-0.39, 0.29) is 5.60 Å². The van der Waals surface area contributed by atoms with Gasteiger partial charge >= 0.3 is 0 Å². The number of hydrogen-bond donors (Lipinski definition) is 1. The summed E-state index contributed by atoms with van der Waals surface area (Å²) >= 11 is 7.98. The van der Waals surface area contributed by atoms with E-state index < -0.39 is 0 Å². The fourth-order valence-corrected chi connectivity index (χ4v) is 4.70. The number of benzene rings is 1. The minimum absolute atomic E-state index is 0.211. The molecule has 1 heterocycles. The van der Waals surface area contributed by atoms with E-state index in [0.717, 1.165) is 21.4 Å². The molecule has 0 amide bonds. The highest BCUT2D eigenvalue weighted by Gasteiger charge is 2.40. The van der Waals surface area contributed by atoms with Gasteiger partial charge in [0.2, 0.25) is 0 Å². The van der Waals surface area contributed by atoms with E-state index in [9.17, 15) is 0 Å². The Labute approximate surface area is 130 Å². The first kappa shape index (κ1) is 14.6. The van der Waals surface area contributed by atoms with Crippen LogP contribution in [0.25, 0.3) is 0 Å². The molecular formula is C16H22ClNOS. The number of nitrogens with two attached hydrogens (primary N) is 1. The number of anilines is 1. The lowest BCUT2D eigenvalue weighted by Gasteiger charge is -2.33. The molecule has 4 heteroatoms.